The summed E-state index contributed by atoms with van der Waals surface area (Å²) in [6.45, 7) is 6.85. The van der Waals surface area contributed by atoms with Gasteiger partial charge in [-0.3, -0.25) is 13.9 Å². The van der Waals surface area contributed by atoms with Crippen molar-refractivity contribution in [3.8, 4) is 0 Å². The molecule has 0 aliphatic heterocycles. The molecule has 0 heterocycles. The molecule has 0 saturated heterocycles. The Balaban J connectivity index is 2.08. The summed E-state index contributed by atoms with van der Waals surface area (Å²) >= 11 is 12.5. The number of likely N-dealkylation sites (N-methyl/N-ethyl adjacent to an activating group) is 1. The lowest BCUT2D eigenvalue weighted by Gasteiger charge is -2.32. The average Bonchev–Trinajstić information content (AvgIpc) is 2.87. The van der Waals surface area contributed by atoms with E-state index in [-0.39, 0.29) is 23.0 Å². The molecule has 202 valence electrons. The minimum absolute atomic E-state index is 0.0356. The van der Waals surface area contributed by atoms with Crippen LogP contribution in [0.5, 0.6) is 0 Å². The molecule has 0 bridgehead atoms. The van der Waals surface area contributed by atoms with Crippen LogP contribution in [0.3, 0.4) is 0 Å². The maximum Gasteiger partial charge on any atom is 0.264 e. The van der Waals surface area contributed by atoms with Crippen molar-refractivity contribution in [3.05, 3.63) is 93.5 Å². The van der Waals surface area contributed by atoms with E-state index in [9.17, 15) is 18.0 Å². The number of amides is 2. The van der Waals surface area contributed by atoms with Crippen molar-refractivity contribution < 1.29 is 18.0 Å². The fraction of sp³-hybridized carbons (Fsp3) is 0.286. The molecule has 38 heavy (non-hydrogen) atoms. The Kier molecular flexibility index (Phi) is 9.82. The van der Waals surface area contributed by atoms with Crippen molar-refractivity contribution in [2.24, 2.45) is 0 Å². The van der Waals surface area contributed by atoms with E-state index < -0.39 is 28.5 Å². The summed E-state index contributed by atoms with van der Waals surface area (Å²) in [5.74, 6) is -0.909. The molecule has 0 unspecified atom stereocenters. The van der Waals surface area contributed by atoms with E-state index >= 15 is 0 Å². The lowest BCUT2D eigenvalue weighted by atomic mass is 10.1. The van der Waals surface area contributed by atoms with E-state index in [4.69, 9.17) is 23.2 Å². The predicted molar refractivity (Wildman–Crippen MR) is 152 cm³/mol. The summed E-state index contributed by atoms with van der Waals surface area (Å²) < 4.78 is 28.8. The molecule has 3 rings (SSSR count). The fourth-order valence-corrected chi connectivity index (χ4v) is 5.81. The number of aryl methyl sites for hydroxylation is 1. The Morgan fingerprint density at radius 2 is 1.63 bits per heavy atom. The third kappa shape index (κ3) is 6.87. The van der Waals surface area contributed by atoms with Crippen molar-refractivity contribution >= 4 is 50.7 Å². The van der Waals surface area contributed by atoms with Crippen LogP contribution in [0, 0.1) is 13.8 Å². The van der Waals surface area contributed by atoms with Gasteiger partial charge in [-0.05, 0) is 75.2 Å². The molecule has 0 aliphatic rings. The number of halogens is 2. The van der Waals surface area contributed by atoms with E-state index in [1.54, 1.807) is 75.4 Å². The lowest BCUT2D eigenvalue weighted by Crippen LogP contribution is -2.51. The molecule has 0 saturated carbocycles. The zero-order valence-corrected chi connectivity index (χ0v) is 24.1. The number of benzene rings is 3. The first-order valence-corrected chi connectivity index (χ1v) is 14.3. The summed E-state index contributed by atoms with van der Waals surface area (Å²) in [7, 11) is -4.17. The van der Waals surface area contributed by atoms with Gasteiger partial charge in [0.15, 0.2) is 0 Å². The quantitative estimate of drug-likeness (QED) is 0.352. The highest BCUT2D eigenvalue weighted by Crippen LogP contribution is 2.31. The minimum atomic E-state index is -4.17. The Labute approximate surface area is 234 Å². The standard InChI is InChI=1S/C28H31Cl2N3O4S/c1-5-31-28(35)21(4)32(17-22-8-6-9-23(29)16-22)27(34)18-33(26-11-7-10-25(30)20(26)3)38(36,37)24-14-12-19(2)13-15-24/h6-16,21H,5,17-18H2,1-4H3,(H,31,35)/t21-/m1/s1. The van der Waals surface area contributed by atoms with Gasteiger partial charge >= 0.3 is 0 Å². The Hall–Kier alpha value is -3.07. The van der Waals surface area contributed by atoms with Crippen LogP contribution >= 0.6 is 23.2 Å². The molecule has 2 amide bonds. The third-order valence-corrected chi connectivity index (χ3v) is 8.57. The predicted octanol–water partition coefficient (Wildman–Crippen LogP) is 5.36. The van der Waals surface area contributed by atoms with Gasteiger partial charge in [-0.1, -0.05) is 59.1 Å². The molecule has 1 N–H and O–H groups in total. The number of anilines is 1. The van der Waals surface area contributed by atoms with Gasteiger partial charge < -0.3 is 10.2 Å². The second kappa shape index (κ2) is 12.7. The summed E-state index contributed by atoms with van der Waals surface area (Å²) in [5.41, 5.74) is 2.39. The highest BCUT2D eigenvalue weighted by Gasteiger charge is 2.33. The van der Waals surface area contributed by atoms with E-state index in [2.05, 4.69) is 5.32 Å². The number of carbonyl (C=O) groups is 2. The third-order valence-electron chi connectivity index (χ3n) is 6.16. The average molecular weight is 577 g/mol. The number of hydrogen-bond acceptors (Lipinski definition) is 4. The molecule has 0 aliphatic carbocycles. The van der Waals surface area contributed by atoms with Gasteiger partial charge in [0.1, 0.15) is 12.6 Å². The van der Waals surface area contributed by atoms with Crippen molar-refractivity contribution in [2.75, 3.05) is 17.4 Å². The molecule has 0 spiro atoms. The van der Waals surface area contributed by atoms with Gasteiger partial charge in [0.25, 0.3) is 10.0 Å². The molecule has 3 aromatic carbocycles. The number of hydrogen-bond donors (Lipinski definition) is 1. The monoisotopic (exact) mass is 575 g/mol. The van der Waals surface area contributed by atoms with E-state index in [0.717, 1.165) is 9.87 Å². The number of nitrogens with one attached hydrogen (secondary N) is 1. The number of rotatable bonds is 10. The normalized spacial score (nSPS) is 12.1. The van der Waals surface area contributed by atoms with Crippen LogP contribution in [0.25, 0.3) is 0 Å². The van der Waals surface area contributed by atoms with Gasteiger partial charge in [-0.25, -0.2) is 8.42 Å². The van der Waals surface area contributed by atoms with Crippen LogP contribution < -0.4 is 9.62 Å². The maximum absolute atomic E-state index is 13.9. The smallest absolute Gasteiger partial charge is 0.264 e. The zero-order chi connectivity index (χ0) is 28.0. The number of carbonyl (C=O) groups excluding carboxylic acids is 2. The Morgan fingerprint density at radius 3 is 2.26 bits per heavy atom. The molecular formula is C28H31Cl2N3O4S. The van der Waals surface area contributed by atoms with Crippen LogP contribution in [0.4, 0.5) is 5.69 Å². The fourth-order valence-electron chi connectivity index (χ4n) is 3.95. The van der Waals surface area contributed by atoms with Crippen LogP contribution in [0.2, 0.25) is 10.0 Å². The first-order chi connectivity index (χ1) is 17.9. The highest BCUT2D eigenvalue weighted by atomic mass is 35.5. The number of sulfonamides is 1. The SMILES string of the molecule is CCNC(=O)[C@@H](C)N(Cc1cccc(Cl)c1)C(=O)CN(c1cccc(Cl)c1C)S(=O)(=O)c1ccc(C)cc1. The molecule has 3 aromatic rings. The van der Waals surface area contributed by atoms with E-state index in [1.807, 2.05) is 6.92 Å². The molecule has 1 atom stereocenters. The van der Waals surface area contributed by atoms with Crippen LogP contribution in [-0.2, 0) is 26.2 Å². The maximum atomic E-state index is 13.9. The lowest BCUT2D eigenvalue weighted by molar-refractivity contribution is -0.139. The molecule has 0 fully saturated rings. The van der Waals surface area contributed by atoms with Crippen molar-refractivity contribution in [1.29, 1.82) is 0 Å². The largest absolute Gasteiger partial charge is 0.355 e. The van der Waals surface area contributed by atoms with Crippen LogP contribution in [0.1, 0.15) is 30.5 Å². The zero-order valence-electron chi connectivity index (χ0n) is 21.7. The minimum Gasteiger partial charge on any atom is -0.355 e. The highest BCUT2D eigenvalue weighted by molar-refractivity contribution is 7.92. The second-order valence-corrected chi connectivity index (χ2v) is 11.6. The van der Waals surface area contributed by atoms with Crippen molar-refractivity contribution in [3.63, 3.8) is 0 Å². The number of nitrogens with zero attached hydrogens (tertiary/aromatic N) is 2. The van der Waals surface area contributed by atoms with Crippen LogP contribution in [-0.4, -0.2) is 44.3 Å². The van der Waals surface area contributed by atoms with E-state index in [1.165, 1.54) is 17.0 Å². The molecule has 10 heteroatoms. The second-order valence-electron chi connectivity index (χ2n) is 8.93. The molecular weight excluding hydrogens is 545 g/mol. The Morgan fingerprint density at radius 1 is 0.974 bits per heavy atom. The van der Waals surface area contributed by atoms with Gasteiger partial charge in [0.05, 0.1) is 10.6 Å². The molecule has 7 nitrogen and oxygen atoms in total. The summed E-state index contributed by atoms with van der Waals surface area (Å²) in [6.07, 6.45) is 0. The van der Waals surface area contributed by atoms with Crippen molar-refractivity contribution in [1.82, 2.24) is 10.2 Å². The summed E-state index contributed by atoms with van der Waals surface area (Å²) in [5, 5.41) is 3.58. The molecule has 0 aromatic heterocycles. The van der Waals surface area contributed by atoms with Gasteiger partial charge in [0.2, 0.25) is 11.8 Å². The van der Waals surface area contributed by atoms with Gasteiger partial charge in [-0.2, -0.15) is 0 Å². The van der Waals surface area contributed by atoms with Gasteiger partial charge in [0, 0.05) is 23.1 Å². The van der Waals surface area contributed by atoms with E-state index in [0.29, 0.717) is 27.7 Å². The van der Waals surface area contributed by atoms with Crippen LogP contribution in [0.15, 0.2) is 71.6 Å². The van der Waals surface area contributed by atoms with Crippen molar-refractivity contribution in [2.45, 2.75) is 45.2 Å². The Bertz CT molecular complexity index is 1410. The summed E-state index contributed by atoms with van der Waals surface area (Å²) in [4.78, 5) is 28.0. The van der Waals surface area contributed by atoms with Gasteiger partial charge in [-0.15, -0.1) is 0 Å². The summed E-state index contributed by atoms with van der Waals surface area (Å²) in [6, 6.07) is 17.4. The molecule has 0 radical (unpaired) electrons. The topological polar surface area (TPSA) is 86.8 Å². The first kappa shape index (κ1) is 29.5. The first-order valence-electron chi connectivity index (χ1n) is 12.1.